The van der Waals surface area contributed by atoms with Crippen molar-refractivity contribution < 1.29 is 9.47 Å². The molecule has 1 saturated heterocycles. The third kappa shape index (κ3) is 4.11. The van der Waals surface area contributed by atoms with Gasteiger partial charge in [-0.25, -0.2) is 0 Å². The van der Waals surface area contributed by atoms with Crippen LogP contribution in [0.3, 0.4) is 0 Å². The van der Waals surface area contributed by atoms with Crippen LogP contribution in [0.1, 0.15) is 11.1 Å². The van der Waals surface area contributed by atoms with Crippen molar-refractivity contribution in [3.05, 3.63) is 53.6 Å². The van der Waals surface area contributed by atoms with Gasteiger partial charge in [-0.3, -0.25) is 9.80 Å². The second kappa shape index (κ2) is 7.68. The van der Waals surface area contributed by atoms with Gasteiger partial charge in [0.25, 0.3) is 0 Å². The summed E-state index contributed by atoms with van der Waals surface area (Å²) < 4.78 is 10.9. The van der Waals surface area contributed by atoms with E-state index in [9.17, 15) is 0 Å². The monoisotopic (exact) mass is 356 g/mol. The van der Waals surface area contributed by atoms with Crippen molar-refractivity contribution in [3.63, 3.8) is 0 Å². The zero-order chi connectivity index (χ0) is 17.1. The second-order valence-electron chi connectivity index (χ2n) is 6.59. The largest absolute Gasteiger partial charge is 0.454 e. The topological polar surface area (TPSA) is 24.9 Å². The van der Waals surface area contributed by atoms with E-state index < -0.39 is 0 Å². The molecule has 2 aliphatic heterocycles. The van der Waals surface area contributed by atoms with Gasteiger partial charge in [-0.15, -0.1) is 11.8 Å². The summed E-state index contributed by atoms with van der Waals surface area (Å²) >= 11 is 1.80. The number of nitrogens with zero attached hydrogens (tertiary/aromatic N) is 2. The van der Waals surface area contributed by atoms with Crippen molar-refractivity contribution in [2.75, 3.05) is 39.2 Å². The summed E-state index contributed by atoms with van der Waals surface area (Å²) in [6.07, 6.45) is 2.12. The van der Waals surface area contributed by atoms with Gasteiger partial charge >= 0.3 is 0 Å². The van der Waals surface area contributed by atoms with Crippen LogP contribution < -0.4 is 9.47 Å². The number of ether oxygens (including phenoxy) is 2. The Morgan fingerprint density at radius 2 is 1.40 bits per heavy atom. The molecule has 132 valence electrons. The minimum atomic E-state index is 0.343. The van der Waals surface area contributed by atoms with E-state index in [1.54, 1.807) is 11.8 Å². The molecule has 0 unspecified atom stereocenters. The van der Waals surface area contributed by atoms with Crippen molar-refractivity contribution in [2.24, 2.45) is 0 Å². The number of thioether (sulfide) groups is 1. The SMILES string of the molecule is CSc1ccc(CN2CCN(Cc3ccc4c(c3)OCO4)CC2)cc1. The van der Waals surface area contributed by atoms with Crippen molar-refractivity contribution >= 4 is 11.8 Å². The highest BCUT2D eigenvalue weighted by atomic mass is 32.2. The van der Waals surface area contributed by atoms with Crippen LogP contribution in [-0.4, -0.2) is 49.0 Å². The maximum atomic E-state index is 5.48. The fraction of sp³-hybridized carbons (Fsp3) is 0.400. The molecule has 2 aromatic carbocycles. The van der Waals surface area contributed by atoms with Gasteiger partial charge in [0.05, 0.1) is 0 Å². The van der Waals surface area contributed by atoms with Gasteiger partial charge in [0, 0.05) is 44.2 Å². The van der Waals surface area contributed by atoms with Crippen LogP contribution in [0.15, 0.2) is 47.4 Å². The second-order valence-corrected chi connectivity index (χ2v) is 7.47. The molecule has 0 radical (unpaired) electrons. The summed E-state index contributed by atoms with van der Waals surface area (Å²) in [6, 6.07) is 15.2. The molecule has 0 spiro atoms. The fourth-order valence-electron chi connectivity index (χ4n) is 3.39. The molecule has 2 aliphatic rings. The highest BCUT2D eigenvalue weighted by Crippen LogP contribution is 2.32. The molecule has 2 aromatic rings. The fourth-order valence-corrected chi connectivity index (χ4v) is 3.80. The molecule has 0 amide bonds. The molecular weight excluding hydrogens is 332 g/mol. The number of fused-ring (bicyclic) bond motifs is 1. The van der Waals surface area contributed by atoms with E-state index in [2.05, 4.69) is 52.5 Å². The number of benzene rings is 2. The lowest BCUT2D eigenvalue weighted by Gasteiger charge is -2.34. The highest BCUT2D eigenvalue weighted by Gasteiger charge is 2.19. The predicted molar refractivity (Wildman–Crippen MR) is 101 cm³/mol. The first-order valence-electron chi connectivity index (χ1n) is 8.76. The Morgan fingerprint density at radius 1 is 0.800 bits per heavy atom. The van der Waals surface area contributed by atoms with Crippen LogP contribution >= 0.6 is 11.8 Å². The number of hydrogen-bond acceptors (Lipinski definition) is 5. The van der Waals surface area contributed by atoms with Crippen LogP contribution in [0.4, 0.5) is 0 Å². The van der Waals surface area contributed by atoms with Gasteiger partial charge in [-0.1, -0.05) is 18.2 Å². The minimum absolute atomic E-state index is 0.343. The van der Waals surface area contributed by atoms with Crippen molar-refractivity contribution in [1.82, 2.24) is 9.80 Å². The average molecular weight is 356 g/mol. The molecule has 1 fully saturated rings. The first-order valence-corrected chi connectivity index (χ1v) is 9.99. The van der Waals surface area contributed by atoms with Gasteiger partial charge in [0.1, 0.15) is 0 Å². The Hall–Kier alpha value is -1.69. The van der Waals surface area contributed by atoms with Crippen molar-refractivity contribution in [2.45, 2.75) is 18.0 Å². The zero-order valence-electron chi connectivity index (χ0n) is 14.6. The smallest absolute Gasteiger partial charge is 0.231 e. The third-order valence-corrected chi connectivity index (χ3v) is 5.62. The summed E-state index contributed by atoms with van der Waals surface area (Å²) in [7, 11) is 0. The summed E-state index contributed by atoms with van der Waals surface area (Å²) in [5.74, 6) is 1.74. The molecular formula is C20H24N2O2S. The third-order valence-electron chi connectivity index (χ3n) is 4.87. The number of piperazine rings is 1. The van der Waals surface area contributed by atoms with E-state index in [-0.39, 0.29) is 0 Å². The van der Waals surface area contributed by atoms with Gasteiger partial charge < -0.3 is 9.47 Å². The van der Waals surface area contributed by atoms with E-state index in [1.807, 2.05) is 6.07 Å². The quantitative estimate of drug-likeness (QED) is 0.764. The van der Waals surface area contributed by atoms with E-state index in [4.69, 9.17) is 9.47 Å². The van der Waals surface area contributed by atoms with Crippen LogP contribution in [-0.2, 0) is 13.1 Å². The van der Waals surface area contributed by atoms with Crippen LogP contribution in [0.2, 0.25) is 0 Å². The molecule has 4 rings (SSSR count). The van der Waals surface area contributed by atoms with Gasteiger partial charge in [-0.05, 0) is 41.6 Å². The minimum Gasteiger partial charge on any atom is -0.454 e. The van der Waals surface area contributed by atoms with E-state index >= 15 is 0 Å². The van der Waals surface area contributed by atoms with E-state index in [1.165, 1.54) is 16.0 Å². The lowest BCUT2D eigenvalue weighted by Crippen LogP contribution is -2.45. The average Bonchev–Trinajstić information content (AvgIpc) is 3.12. The zero-order valence-corrected chi connectivity index (χ0v) is 15.4. The van der Waals surface area contributed by atoms with Gasteiger partial charge in [-0.2, -0.15) is 0 Å². The van der Waals surface area contributed by atoms with Crippen LogP contribution in [0.25, 0.3) is 0 Å². The standard InChI is InChI=1S/C20H24N2O2S/c1-25-18-5-2-16(3-6-18)13-21-8-10-22(11-9-21)14-17-4-7-19-20(12-17)24-15-23-19/h2-7,12H,8-11,13-15H2,1H3. The van der Waals surface area contributed by atoms with Crippen molar-refractivity contribution in [1.29, 1.82) is 0 Å². The van der Waals surface area contributed by atoms with Gasteiger partial charge in [0.2, 0.25) is 6.79 Å². The summed E-state index contributed by atoms with van der Waals surface area (Å²) in [5, 5.41) is 0. The molecule has 0 aromatic heterocycles. The number of rotatable bonds is 5. The summed E-state index contributed by atoms with van der Waals surface area (Å²) in [4.78, 5) is 6.40. The molecule has 0 aliphatic carbocycles. The molecule has 0 bridgehead atoms. The first-order chi connectivity index (χ1) is 12.3. The van der Waals surface area contributed by atoms with E-state index in [0.29, 0.717) is 6.79 Å². The molecule has 0 N–H and O–H groups in total. The Bertz CT molecular complexity index is 712. The Kier molecular flexibility index (Phi) is 5.15. The molecule has 0 saturated carbocycles. The Morgan fingerprint density at radius 3 is 2.08 bits per heavy atom. The lowest BCUT2D eigenvalue weighted by molar-refractivity contribution is 0.122. The lowest BCUT2D eigenvalue weighted by atomic mass is 10.1. The normalized spacial score (nSPS) is 17.8. The number of hydrogen-bond donors (Lipinski definition) is 0. The highest BCUT2D eigenvalue weighted by molar-refractivity contribution is 7.98. The predicted octanol–water partition coefficient (Wildman–Crippen LogP) is 3.46. The van der Waals surface area contributed by atoms with Crippen LogP contribution in [0, 0.1) is 0 Å². The summed E-state index contributed by atoms with van der Waals surface area (Å²) in [5.41, 5.74) is 2.70. The molecule has 4 nitrogen and oxygen atoms in total. The first kappa shape index (κ1) is 16.8. The molecule has 5 heteroatoms. The maximum absolute atomic E-state index is 5.48. The molecule has 25 heavy (non-hydrogen) atoms. The van der Waals surface area contributed by atoms with Crippen molar-refractivity contribution in [3.8, 4) is 11.5 Å². The molecule has 0 atom stereocenters. The molecule has 2 heterocycles. The maximum Gasteiger partial charge on any atom is 0.231 e. The summed E-state index contributed by atoms with van der Waals surface area (Å²) in [6.45, 7) is 6.83. The Labute approximate surface area is 153 Å². The van der Waals surface area contributed by atoms with E-state index in [0.717, 1.165) is 50.8 Å². The Balaban J connectivity index is 1.28. The van der Waals surface area contributed by atoms with Crippen LogP contribution in [0.5, 0.6) is 11.5 Å². The van der Waals surface area contributed by atoms with Gasteiger partial charge in [0.15, 0.2) is 11.5 Å².